The van der Waals surface area contributed by atoms with E-state index < -0.39 is 0 Å². The smallest absolute Gasteiger partial charge is 0.318 e. The number of carbonyl (C=O) groups is 1. The molecule has 0 aromatic carbocycles. The molecule has 1 N–H and O–H groups in total. The Balaban J connectivity index is 1.68. The lowest BCUT2D eigenvalue weighted by molar-refractivity contribution is 0.135. The highest BCUT2D eigenvalue weighted by Crippen LogP contribution is 2.37. The fourth-order valence-corrected chi connectivity index (χ4v) is 3.72. The zero-order valence-electron chi connectivity index (χ0n) is 13.7. The molecule has 0 bridgehead atoms. The lowest BCUT2D eigenvalue weighted by atomic mass is 9.79. The topological polar surface area (TPSA) is 45.2 Å². The first-order chi connectivity index (χ1) is 10.7. The van der Waals surface area contributed by atoms with Crippen LogP contribution < -0.4 is 5.32 Å². The van der Waals surface area contributed by atoms with Crippen molar-refractivity contribution in [1.29, 1.82) is 0 Å². The Morgan fingerprint density at radius 2 is 2.09 bits per heavy atom. The molecule has 22 heavy (non-hydrogen) atoms. The molecule has 2 amide bonds. The van der Waals surface area contributed by atoms with Crippen LogP contribution in [0.2, 0.25) is 0 Å². The molecule has 2 aliphatic rings. The SMILES string of the molecule is CC(C)[C@H](NC(=O)N1CCC[C@@H]1C1CCC1)c1ccccn1. The van der Waals surface area contributed by atoms with Crippen LogP contribution in [-0.4, -0.2) is 28.5 Å². The molecule has 2 fully saturated rings. The van der Waals surface area contributed by atoms with Crippen LogP contribution in [-0.2, 0) is 0 Å². The molecule has 2 heterocycles. The molecule has 1 aromatic rings. The van der Waals surface area contributed by atoms with Crippen LogP contribution in [0.15, 0.2) is 24.4 Å². The van der Waals surface area contributed by atoms with E-state index in [0.29, 0.717) is 12.0 Å². The molecule has 3 rings (SSSR count). The van der Waals surface area contributed by atoms with Gasteiger partial charge in [-0.05, 0) is 49.7 Å². The zero-order valence-corrected chi connectivity index (χ0v) is 13.7. The summed E-state index contributed by atoms with van der Waals surface area (Å²) >= 11 is 0. The van der Waals surface area contributed by atoms with Crippen LogP contribution in [0.25, 0.3) is 0 Å². The normalized spacial score (nSPS) is 23.4. The number of rotatable bonds is 4. The Morgan fingerprint density at radius 3 is 2.68 bits per heavy atom. The van der Waals surface area contributed by atoms with E-state index in [4.69, 9.17) is 0 Å². The number of hydrogen-bond acceptors (Lipinski definition) is 2. The van der Waals surface area contributed by atoms with Gasteiger partial charge in [-0.2, -0.15) is 0 Å². The maximum absolute atomic E-state index is 12.8. The van der Waals surface area contributed by atoms with Gasteiger partial charge in [0.15, 0.2) is 0 Å². The van der Waals surface area contributed by atoms with Crippen molar-refractivity contribution in [2.75, 3.05) is 6.54 Å². The number of likely N-dealkylation sites (tertiary alicyclic amines) is 1. The maximum atomic E-state index is 12.8. The number of carbonyl (C=O) groups excluding carboxylic acids is 1. The number of nitrogens with one attached hydrogen (secondary N) is 1. The number of hydrogen-bond donors (Lipinski definition) is 1. The summed E-state index contributed by atoms with van der Waals surface area (Å²) in [5, 5.41) is 3.23. The highest BCUT2D eigenvalue weighted by Gasteiger charge is 2.38. The lowest BCUT2D eigenvalue weighted by Gasteiger charge is -2.37. The minimum Gasteiger partial charge on any atom is -0.329 e. The van der Waals surface area contributed by atoms with Gasteiger partial charge in [0, 0.05) is 18.8 Å². The third-order valence-electron chi connectivity index (χ3n) is 5.21. The third-order valence-corrected chi connectivity index (χ3v) is 5.21. The van der Waals surface area contributed by atoms with E-state index in [1.165, 1.54) is 25.7 Å². The first kappa shape index (κ1) is 15.3. The highest BCUT2D eigenvalue weighted by atomic mass is 16.2. The number of urea groups is 1. The predicted octanol–water partition coefficient (Wildman–Crippen LogP) is 3.75. The van der Waals surface area contributed by atoms with Crippen molar-refractivity contribution in [3.63, 3.8) is 0 Å². The number of nitrogens with zero attached hydrogens (tertiary/aromatic N) is 2. The van der Waals surface area contributed by atoms with Gasteiger partial charge in [0.2, 0.25) is 0 Å². The Labute approximate surface area is 133 Å². The van der Waals surface area contributed by atoms with Crippen molar-refractivity contribution in [1.82, 2.24) is 15.2 Å². The van der Waals surface area contributed by atoms with E-state index in [1.807, 2.05) is 18.2 Å². The van der Waals surface area contributed by atoms with Crippen molar-refractivity contribution in [3.8, 4) is 0 Å². The summed E-state index contributed by atoms with van der Waals surface area (Å²) < 4.78 is 0. The van der Waals surface area contributed by atoms with E-state index >= 15 is 0 Å². The summed E-state index contributed by atoms with van der Waals surface area (Å²) in [6, 6.07) is 6.44. The first-order valence-electron chi connectivity index (χ1n) is 8.65. The molecule has 1 aromatic heterocycles. The third kappa shape index (κ3) is 3.11. The van der Waals surface area contributed by atoms with Crippen LogP contribution in [0, 0.1) is 11.8 Å². The summed E-state index contributed by atoms with van der Waals surface area (Å²) in [6.45, 7) is 5.17. The zero-order chi connectivity index (χ0) is 15.5. The van der Waals surface area contributed by atoms with E-state index in [1.54, 1.807) is 6.20 Å². The van der Waals surface area contributed by atoms with Gasteiger partial charge in [-0.15, -0.1) is 0 Å². The van der Waals surface area contributed by atoms with Crippen LogP contribution >= 0.6 is 0 Å². The average Bonchev–Trinajstić information content (AvgIpc) is 2.92. The summed E-state index contributed by atoms with van der Waals surface area (Å²) in [4.78, 5) is 19.3. The first-order valence-corrected chi connectivity index (χ1v) is 8.65. The predicted molar refractivity (Wildman–Crippen MR) is 87.4 cm³/mol. The molecule has 1 saturated heterocycles. The van der Waals surface area contributed by atoms with Gasteiger partial charge in [0.25, 0.3) is 0 Å². The van der Waals surface area contributed by atoms with Crippen molar-refractivity contribution in [3.05, 3.63) is 30.1 Å². The van der Waals surface area contributed by atoms with Crippen molar-refractivity contribution in [2.24, 2.45) is 11.8 Å². The fourth-order valence-electron chi connectivity index (χ4n) is 3.72. The van der Waals surface area contributed by atoms with Crippen LogP contribution in [0.4, 0.5) is 4.79 Å². The number of pyridine rings is 1. The monoisotopic (exact) mass is 301 g/mol. The molecule has 1 saturated carbocycles. The number of aromatic nitrogens is 1. The Hall–Kier alpha value is -1.58. The molecule has 4 nitrogen and oxygen atoms in total. The minimum atomic E-state index is -0.0173. The van der Waals surface area contributed by atoms with E-state index in [-0.39, 0.29) is 12.1 Å². The molecule has 0 unspecified atom stereocenters. The molecular formula is C18H27N3O. The summed E-state index contributed by atoms with van der Waals surface area (Å²) in [5.74, 6) is 1.06. The molecule has 0 radical (unpaired) electrons. The number of amides is 2. The van der Waals surface area contributed by atoms with Gasteiger partial charge in [-0.3, -0.25) is 4.98 Å². The highest BCUT2D eigenvalue weighted by molar-refractivity contribution is 5.75. The second-order valence-corrected chi connectivity index (χ2v) is 7.02. The second kappa shape index (κ2) is 6.67. The lowest BCUT2D eigenvalue weighted by Crippen LogP contribution is -2.48. The molecule has 2 atom stereocenters. The summed E-state index contributed by atoms with van der Waals surface area (Å²) in [7, 11) is 0. The van der Waals surface area contributed by atoms with Gasteiger partial charge in [-0.1, -0.05) is 26.3 Å². The quantitative estimate of drug-likeness (QED) is 0.920. The van der Waals surface area contributed by atoms with Gasteiger partial charge in [0.05, 0.1) is 11.7 Å². The largest absolute Gasteiger partial charge is 0.329 e. The average molecular weight is 301 g/mol. The van der Waals surface area contributed by atoms with E-state index in [2.05, 4.69) is 29.0 Å². The minimum absolute atomic E-state index is 0.0173. The fraction of sp³-hybridized carbons (Fsp3) is 0.667. The van der Waals surface area contributed by atoms with Crippen LogP contribution in [0.5, 0.6) is 0 Å². The molecule has 0 spiro atoms. The standard InChI is InChI=1S/C18H27N3O/c1-13(2)17(15-9-3-4-11-19-15)20-18(22)21-12-6-10-16(21)14-7-5-8-14/h3-4,9,11,13-14,16-17H,5-8,10,12H2,1-2H3,(H,20,22)/t16-,17+/m1/s1. The molecular weight excluding hydrogens is 274 g/mol. The Bertz CT molecular complexity index is 498. The Morgan fingerprint density at radius 1 is 1.27 bits per heavy atom. The Kier molecular flexibility index (Phi) is 4.65. The maximum Gasteiger partial charge on any atom is 0.318 e. The van der Waals surface area contributed by atoms with Crippen molar-refractivity contribution in [2.45, 2.75) is 58.0 Å². The molecule has 1 aliphatic heterocycles. The molecule has 1 aliphatic carbocycles. The van der Waals surface area contributed by atoms with Gasteiger partial charge < -0.3 is 10.2 Å². The summed E-state index contributed by atoms with van der Waals surface area (Å²) in [6.07, 6.45) is 8.03. The summed E-state index contributed by atoms with van der Waals surface area (Å²) in [5.41, 5.74) is 0.949. The van der Waals surface area contributed by atoms with Crippen molar-refractivity contribution < 1.29 is 4.79 Å². The van der Waals surface area contributed by atoms with Gasteiger partial charge in [-0.25, -0.2) is 4.79 Å². The van der Waals surface area contributed by atoms with Crippen molar-refractivity contribution >= 4 is 6.03 Å². The van der Waals surface area contributed by atoms with E-state index in [0.717, 1.165) is 24.6 Å². The van der Waals surface area contributed by atoms with Crippen LogP contribution in [0.1, 0.15) is 57.7 Å². The second-order valence-electron chi connectivity index (χ2n) is 7.02. The molecule has 120 valence electrons. The van der Waals surface area contributed by atoms with Gasteiger partial charge >= 0.3 is 6.03 Å². The van der Waals surface area contributed by atoms with E-state index in [9.17, 15) is 4.79 Å². The molecule has 4 heteroatoms. The van der Waals surface area contributed by atoms with Crippen LogP contribution in [0.3, 0.4) is 0 Å². The van der Waals surface area contributed by atoms with Gasteiger partial charge in [0.1, 0.15) is 0 Å².